The van der Waals surface area contributed by atoms with E-state index in [4.69, 9.17) is 5.73 Å². The van der Waals surface area contributed by atoms with Gasteiger partial charge in [0.1, 0.15) is 0 Å². The van der Waals surface area contributed by atoms with Gasteiger partial charge in [-0.1, -0.05) is 0 Å². The molecule has 2 N–H and O–H groups in total. The molecule has 1 aromatic rings. The van der Waals surface area contributed by atoms with E-state index in [1.165, 1.54) is 18.2 Å². The number of hydrogen-bond acceptors (Lipinski definition) is 2. The zero-order valence-corrected chi connectivity index (χ0v) is 7.67. The zero-order valence-electron chi connectivity index (χ0n) is 6.85. The van der Waals surface area contributed by atoms with Crippen LogP contribution >= 0.6 is 11.8 Å². The molecule has 0 amide bonds. The molecule has 1 rings (SSSR count). The molecule has 1 aromatic carbocycles. The summed E-state index contributed by atoms with van der Waals surface area (Å²) in [5.74, 6) is 0. The van der Waals surface area contributed by atoms with E-state index in [9.17, 15) is 13.2 Å². The lowest BCUT2D eigenvalue weighted by atomic mass is 10.2. The highest BCUT2D eigenvalue weighted by Crippen LogP contribution is 2.37. The van der Waals surface area contributed by atoms with Crippen molar-refractivity contribution in [1.29, 1.82) is 0 Å². The fraction of sp³-hybridized carbons (Fsp3) is 0.250. The Morgan fingerprint density at radius 1 is 1.31 bits per heavy atom. The maximum Gasteiger partial charge on any atom is 0.446 e. The Balaban J connectivity index is 2.86. The van der Waals surface area contributed by atoms with Crippen LogP contribution in [0.4, 0.5) is 18.9 Å². The van der Waals surface area contributed by atoms with Gasteiger partial charge in [-0.05, 0) is 42.4 Å². The zero-order chi connectivity index (χ0) is 10.1. The van der Waals surface area contributed by atoms with E-state index in [1.54, 1.807) is 6.92 Å². The number of aryl methyl sites for hydroxylation is 1. The van der Waals surface area contributed by atoms with Gasteiger partial charge in [-0.15, -0.1) is 0 Å². The Kier molecular flexibility index (Phi) is 2.75. The Morgan fingerprint density at radius 2 is 1.92 bits per heavy atom. The number of alkyl halides is 3. The maximum absolute atomic E-state index is 11.9. The van der Waals surface area contributed by atoms with Crippen LogP contribution in [0, 0.1) is 6.92 Å². The summed E-state index contributed by atoms with van der Waals surface area (Å²) < 4.78 is 35.7. The van der Waals surface area contributed by atoms with E-state index in [-0.39, 0.29) is 16.7 Å². The first-order valence-electron chi connectivity index (χ1n) is 3.50. The lowest BCUT2D eigenvalue weighted by Gasteiger charge is -2.06. The van der Waals surface area contributed by atoms with Crippen molar-refractivity contribution in [3.05, 3.63) is 23.8 Å². The van der Waals surface area contributed by atoms with Gasteiger partial charge in [0.15, 0.2) is 0 Å². The van der Waals surface area contributed by atoms with Crippen molar-refractivity contribution in [3.63, 3.8) is 0 Å². The van der Waals surface area contributed by atoms with Crippen molar-refractivity contribution in [2.45, 2.75) is 17.3 Å². The third-order valence-corrected chi connectivity index (χ3v) is 2.20. The van der Waals surface area contributed by atoms with Crippen LogP contribution in [0.5, 0.6) is 0 Å². The normalized spacial score (nSPS) is 11.7. The van der Waals surface area contributed by atoms with E-state index in [2.05, 4.69) is 0 Å². The van der Waals surface area contributed by atoms with E-state index in [0.717, 1.165) is 0 Å². The highest BCUT2D eigenvalue weighted by atomic mass is 32.2. The molecule has 0 saturated carbocycles. The van der Waals surface area contributed by atoms with Gasteiger partial charge in [-0.2, -0.15) is 13.2 Å². The molecule has 0 aromatic heterocycles. The molecule has 0 radical (unpaired) electrons. The Morgan fingerprint density at radius 3 is 2.38 bits per heavy atom. The molecule has 0 unspecified atom stereocenters. The van der Waals surface area contributed by atoms with Crippen molar-refractivity contribution in [1.82, 2.24) is 0 Å². The van der Waals surface area contributed by atoms with Gasteiger partial charge in [0, 0.05) is 10.6 Å². The summed E-state index contributed by atoms with van der Waals surface area (Å²) in [7, 11) is 0. The van der Waals surface area contributed by atoms with E-state index < -0.39 is 5.51 Å². The fourth-order valence-electron chi connectivity index (χ4n) is 0.845. The number of nitrogens with two attached hydrogens (primary N) is 1. The summed E-state index contributed by atoms with van der Waals surface area (Å²) in [5.41, 5.74) is 2.40. The number of anilines is 1. The predicted octanol–water partition coefficient (Wildman–Crippen LogP) is 3.19. The number of rotatable bonds is 1. The summed E-state index contributed by atoms with van der Waals surface area (Å²) in [6.07, 6.45) is 0. The predicted molar refractivity (Wildman–Crippen MR) is 47.5 cm³/mol. The van der Waals surface area contributed by atoms with Crippen molar-refractivity contribution in [2.75, 3.05) is 5.73 Å². The third kappa shape index (κ3) is 3.18. The summed E-state index contributed by atoms with van der Waals surface area (Å²) in [6, 6.07) is 4.26. The molecule has 13 heavy (non-hydrogen) atoms. The van der Waals surface area contributed by atoms with E-state index in [0.29, 0.717) is 11.3 Å². The van der Waals surface area contributed by atoms with Gasteiger partial charge in [0.25, 0.3) is 0 Å². The van der Waals surface area contributed by atoms with Gasteiger partial charge in [0.05, 0.1) is 0 Å². The first-order valence-corrected chi connectivity index (χ1v) is 4.32. The molecule has 0 bridgehead atoms. The molecule has 0 saturated heterocycles. The molecular weight excluding hydrogens is 199 g/mol. The molecule has 72 valence electrons. The minimum absolute atomic E-state index is 0.132. The van der Waals surface area contributed by atoms with Crippen LogP contribution in [-0.4, -0.2) is 5.51 Å². The van der Waals surface area contributed by atoms with Crippen LogP contribution in [0.15, 0.2) is 23.1 Å². The minimum atomic E-state index is -4.23. The second kappa shape index (κ2) is 3.49. The average molecular weight is 207 g/mol. The monoisotopic (exact) mass is 207 g/mol. The Hall–Kier alpha value is -0.840. The maximum atomic E-state index is 11.9. The lowest BCUT2D eigenvalue weighted by Crippen LogP contribution is -1.99. The SMILES string of the molecule is Cc1cc(SC(F)(F)F)ccc1N. The molecule has 1 nitrogen and oxygen atoms in total. The largest absolute Gasteiger partial charge is 0.446 e. The third-order valence-electron chi connectivity index (χ3n) is 1.47. The highest BCUT2D eigenvalue weighted by Gasteiger charge is 2.29. The number of nitrogen functional groups attached to an aromatic ring is 1. The van der Waals surface area contributed by atoms with Gasteiger partial charge < -0.3 is 5.73 Å². The quantitative estimate of drug-likeness (QED) is 0.565. The lowest BCUT2D eigenvalue weighted by molar-refractivity contribution is -0.0328. The van der Waals surface area contributed by atoms with Crippen LogP contribution in [0.1, 0.15) is 5.56 Å². The second-order valence-electron chi connectivity index (χ2n) is 2.57. The van der Waals surface area contributed by atoms with Gasteiger partial charge in [0.2, 0.25) is 0 Å². The van der Waals surface area contributed by atoms with Gasteiger partial charge in [-0.25, -0.2) is 0 Å². The Labute approximate surface area is 78.1 Å². The van der Waals surface area contributed by atoms with Crippen LogP contribution in [0.3, 0.4) is 0 Å². The summed E-state index contributed by atoms with van der Waals surface area (Å²) in [5, 5.41) is 0. The number of halogens is 3. The van der Waals surface area contributed by atoms with Crippen LogP contribution in [0.25, 0.3) is 0 Å². The summed E-state index contributed by atoms with van der Waals surface area (Å²) in [4.78, 5) is 0.166. The molecule has 0 spiro atoms. The van der Waals surface area contributed by atoms with Crippen molar-refractivity contribution >= 4 is 17.4 Å². The number of hydrogen-bond donors (Lipinski definition) is 1. The minimum Gasteiger partial charge on any atom is -0.399 e. The molecule has 0 aliphatic rings. The topological polar surface area (TPSA) is 26.0 Å². The van der Waals surface area contributed by atoms with Crippen LogP contribution < -0.4 is 5.73 Å². The van der Waals surface area contributed by atoms with E-state index >= 15 is 0 Å². The average Bonchev–Trinajstić information content (AvgIpc) is 1.94. The molecule has 5 heteroatoms. The molecule has 0 heterocycles. The van der Waals surface area contributed by atoms with Crippen molar-refractivity contribution < 1.29 is 13.2 Å². The smallest absolute Gasteiger partial charge is 0.399 e. The standard InChI is InChI=1S/C8H8F3NS/c1-5-4-6(2-3-7(5)12)13-8(9,10)11/h2-4H,12H2,1H3. The van der Waals surface area contributed by atoms with Crippen molar-refractivity contribution in [3.8, 4) is 0 Å². The van der Waals surface area contributed by atoms with Crippen molar-refractivity contribution in [2.24, 2.45) is 0 Å². The summed E-state index contributed by atoms with van der Waals surface area (Å²) in [6.45, 7) is 1.68. The molecular formula is C8H8F3NS. The van der Waals surface area contributed by atoms with Crippen LogP contribution in [0.2, 0.25) is 0 Å². The summed E-state index contributed by atoms with van der Waals surface area (Å²) >= 11 is -0.132. The fourth-order valence-corrected chi connectivity index (χ4v) is 1.48. The Bertz CT molecular complexity index is 309. The van der Waals surface area contributed by atoms with Gasteiger partial charge in [-0.3, -0.25) is 0 Å². The van der Waals surface area contributed by atoms with Gasteiger partial charge >= 0.3 is 5.51 Å². The van der Waals surface area contributed by atoms with Crippen LogP contribution in [-0.2, 0) is 0 Å². The first-order chi connectivity index (χ1) is 5.88. The second-order valence-corrected chi connectivity index (χ2v) is 3.70. The molecule has 0 aliphatic carbocycles. The highest BCUT2D eigenvalue weighted by molar-refractivity contribution is 8.00. The molecule has 0 fully saturated rings. The molecule has 0 aliphatic heterocycles. The first kappa shape index (κ1) is 10.2. The molecule has 0 atom stereocenters. The number of thioether (sulfide) groups is 1. The number of benzene rings is 1. The van der Waals surface area contributed by atoms with E-state index in [1.807, 2.05) is 0 Å².